The molecule has 1 amide bonds. The number of rotatable bonds is 5. The molecule has 0 atom stereocenters. The number of amides is 1. The van der Waals surface area contributed by atoms with Gasteiger partial charge in [-0.3, -0.25) is 9.52 Å². The fourth-order valence-electron chi connectivity index (χ4n) is 2.99. The third kappa shape index (κ3) is 4.41. The third-order valence-electron chi connectivity index (χ3n) is 4.59. The first-order valence-electron chi connectivity index (χ1n) is 9.12. The zero-order chi connectivity index (χ0) is 22.2. The average Bonchev–Trinajstić information content (AvgIpc) is 3.06. The predicted molar refractivity (Wildman–Crippen MR) is 123 cm³/mol. The summed E-state index contributed by atoms with van der Waals surface area (Å²) in [6.07, 6.45) is 0. The van der Waals surface area contributed by atoms with Crippen LogP contribution >= 0.6 is 22.9 Å². The van der Waals surface area contributed by atoms with Gasteiger partial charge in [0.05, 0.1) is 15.6 Å². The van der Waals surface area contributed by atoms with Crippen LogP contribution in [-0.4, -0.2) is 14.3 Å². The van der Waals surface area contributed by atoms with Gasteiger partial charge < -0.3 is 5.32 Å². The quantitative estimate of drug-likeness (QED) is 0.369. The summed E-state index contributed by atoms with van der Waals surface area (Å²) in [4.78, 5) is 13.2. The predicted octanol–water partition coefficient (Wildman–Crippen LogP) is 6.06. The molecule has 4 rings (SSSR count). The van der Waals surface area contributed by atoms with Gasteiger partial charge >= 0.3 is 0 Å². The van der Waals surface area contributed by atoms with Gasteiger partial charge in [0.1, 0.15) is 10.7 Å². The smallest absolute Gasteiger partial charge is 0.267 e. The highest BCUT2D eigenvalue weighted by molar-refractivity contribution is 7.92. The summed E-state index contributed by atoms with van der Waals surface area (Å²) in [5.74, 6) is -0.876. The van der Waals surface area contributed by atoms with Crippen LogP contribution in [-0.2, 0) is 10.0 Å². The number of fused-ring (bicyclic) bond motifs is 1. The summed E-state index contributed by atoms with van der Waals surface area (Å²) in [5.41, 5.74) is 1.42. The number of thiophene rings is 1. The molecule has 0 saturated heterocycles. The molecule has 31 heavy (non-hydrogen) atoms. The van der Waals surface area contributed by atoms with E-state index < -0.39 is 21.7 Å². The Hall–Kier alpha value is -2.94. The lowest BCUT2D eigenvalue weighted by Gasteiger charge is -2.13. The summed E-state index contributed by atoms with van der Waals surface area (Å²) in [6.45, 7) is 1.76. The minimum atomic E-state index is -3.78. The van der Waals surface area contributed by atoms with Crippen LogP contribution in [0.5, 0.6) is 0 Å². The summed E-state index contributed by atoms with van der Waals surface area (Å²) in [6, 6.07) is 17.0. The minimum Gasteiger partial charge on any atom is -0.321 e. The maximum atomic E-state index is 13.5. The maximum absolute atomic E-state index is 13.5. The summed E-state index contributed by atoms with van der Waals surface area (Å²) >= 11 is 7.40. The van der Waals surface area contributed by atoms with Gasteiger partial charge in [0.25, 0.3) is 15.9 Å². The Bertz CT molecular complexity index is 1400. The van der Waals surface area contributed by atoms with Crippen LogP contribution in [0.4, 0.5) is 15.8 Å². The fourth-order valence-corrected chi connectivity index (χ4v) is 5.57. The number of aryl methyl sites for hydroxylation is 1. The molecule has 0 aliphatic carbocycles. The zero-order valence-corrected chi connectivity index (χ0v) is 18.5. The highest BCUT2D eigenvalue weighted by atomic mass is 35.5. The highest BCUT2D eigenvalue weighted by Crippen LogP contribution is 2.36. The lowest BCUT2D eigenvalue weighted by atomic mass is 10.2. The van der Waals surface area contributed by atoms with E-state index in [0.29, 0.717) is 27.0 Å². The van der Waals surface area contributed by atoms with Crippen LogP contribution in [0.1, 0.15) is 15.2 Å². The van der Waals surface area contributed by atoms with Crippen LogP contribution < -0.4 is 10.0 Å². The number of benzene rings is 3. The van der Waals surface area contributed by atoms with Crippen LogP contribution in [0.25, 0.3) is 10.1 Å². The van der Waals surface area contributed by atoms with Gasteiger partial charge in [0.2, 0.25) is 0 Å². The van der Waals surface area contributed by atoms with Crippen molar-refractivity contribution >= 4 is 60.3 Å². The van der Waals surface area contributed by atoms with Crippen LogP contribution in [0.2, 0.25) is 5.02 Å². The van der Waals surface area contributed by atoms with E-state index in [4.69, 9.17) is 11.6 Å². The van der Waals surface area contributed by atoms with Crippen molar-refractivity contribution in [2.75, 3.05) is 10.0 Å². The molecule has 4 aromatic rings. The van der Waals surface area contributed by atoms with Gasteiger partial charge in [-0.05, 0) is 55.0 Å². The molecule has 0 fully saturated rings. The normalized spacial score (nSPS) is 11.5. The van der Waals surface area contributed by atoms with Gasteiger partial charge in [-0.25, -0.2) is 12.8 Å². The number of hydrogen-bond acceptors (Lipinski definition) is 4. The number of anilines is 2. The topological polar surface area (TPSA) is 75.3 Å². The molecule has 0 saturated carbocycles. The molecular formula is C22H16ClFN2O3S2. The maximum Gasteiger partial charge on any atom is 0.267 e. The van der Waals surface area contributed by atoms with Crippen molar-refractivity contribution in [3.05, 3.63) is 88.0 Å². The molecule has 0 radical (unpaired) electrons. The molecule has 5 nitrogen and oxygen atoms in total. The Morgan fingerprint density at radius 3 is 2.52 bits per heavy atom. The largest absolute Gasteiger partial charge is 0.321 e. The van der Waals surface area contributed by atoms with Crippen molar-refractivity contribution in [2.24, 2.45) is 0 Å². The van der Waals surface area contributed by atoms with Crippen molar-refractivity contribution in [1.82, 2.24) is 0 Å². The average molecular weight is 475 g/mol. The molecule has 1 aromatic heterocycles. The molecule has 3 aromatic carbocycles. The number of halogens is 2. The van der Waals surface area contributed by atoms with E-state index in [1.54, 1.807) is 37.3 Å². The molecule has 9 heteroatoms. The Balaban J connectivity index is 1.60. The second-order valence-corrected chi connectivity index (χ2v) is 9.90. The Labute approximate surface area is 187 Å². The van der Waals surface area contributed by atoms with Gasteiger partial charge in [-0.2, -0.15) is 0 Å². The SMILES string of the molecule is Cc1ccc(NC(=O)c2sc3cc(F)ccc3c2Cl)cc1NS(=O)(=O)c1ccccc1. The second kappa shape index (κ2) is 8.30. The molecule has 2 N–H and O–H groups in total. The van der Waals surface area contributed by atoms with Crippen molar-refractivity contribution in [1.29, 1.82) is 0 Å². The van der Waals surface area contributed by atoms with Crippen LogP contribution in [0.3, 0.4) is 0 Å². The first-order chi connectivity index (χ1) is 14.7. The fraction of sp³-hybridized carbons (Fsp3) is 0.0455. The Morgan fingerprint density at radius 2 is 1.77 bits per heavy atom. The van der Waals surface area contributed by atoms with E-state index in [1.165, 1.54) is 36.4 Å². The third-order valence-corrected chi connectivity index (χ3v) is 7.63. The van der Waals surface area contributed by atoms with Crippen molar-refractivity contribution < 1.29 is 17.6 Å². The molecule has 158 valence electrons. The van der Waals surface area contributed by atoms with Gasteiger partial charge in [0.15, 0.2) is 0 Å². The van der Waals surface area contributed by atoms with E-state index in [-0.39, 0.29) is 14.8 Å². The Morgan fingerprint density at radius 1 is 1.03 bits per heavy atom. The van der Waals surface area contributed by atoms with E-state index in [0.717, 1.165) is 11.3 Å². The summed E-state index contributed by atoms with van der Waals surface area (Å²) < 4.78 is 41.9. The lowest BCUT2D eigenvalue weighted by molar-refractivity contribution is 0.103. The monoisotopic (exact) mass is 474 g/mol. The zero-order valence-electron chi connectivity index (χ0n) is 16.1. The molecule has 0 spiro atoms. The number of carbonyl (C=O) groups excluding carboxylic acids is 1. The first-order valence-corrected chi connectivity index (χ1v) is 11.8. The molecular weight excluding hydrogens is 459 g/mol. The second-order valence-electron chi connectivity index (χ2n) is 6.79. The van der Waals surface area contributed by atoms with E-state index in [1.807, 2.05) is 0 Å². The van der Waals surface area contributed by atoms with Crippen molar-refractivity contribution in [3.63, 3.8) is 0 Å². The van der Waals surface area contributed by atoms with Crippen molar-refractivity contribution in [3.8, 4) is 0 Å². The highest BCUT2D eigenvalue weighted by Gasteiger charge is 2.19. The standard InChI is InChI=1S/C22H16ClFN2O3S2/c1-13-7-9-15(12-18(13)26-31(28,29)16-5-3-2-4-6-16)25-22(27)21-20(23)17-10-8-14(24)11-19(17)30-21/h2-12,26H,1H3,(H,25,27). The molecule has 0 aliphatic rings. The number of sulfonamides is 1. The van der Waals surface area contributed by atoms with E-state index in [2.05, 4.69) is 10.0 Å². The van der Waals surface area contributed by atoms with Gasteiger partial charge in [0, 0.05) is 15.8 Å². The number of carbonyl (C=O) groups is 1. The van der Waals surface area contributed by atoms with E-state index in [9.17, 15) is 17.6 Å². The molecule has 0 bridgehead atoms. The molecule has 0 unspecified atom stereocenters. The van der Waals surface area contributed by atoms with Crippen LogP contribution in [0, 0.1) is 12.7 Å². The number of hydrogen-bond donors (Lipinski definition) is 2. The van der Waals surface area contributed by atoms with E-state index >= 15 is 0 Å². The molecule has 0 aliphatic heterocycles. The molecule has 1 heterocycles. The number of nitrogens with one attached hydrogen (secondary N) is 2. The summed E-state index contributed by atoms with van der Waals surface area (Å²) in [7, 11) is -3.78. The van der Waals surface area contributed by atoms with Gasteiger partial charge in [-0.1, -0.05) is 35.9 Å². The lowest BCUT2D eigenvalue weighted by Crippen LogP contribution is -2.15. The van der Waals surface area contributed by atoms with Crippen LogP contribution in [0.15, 0.2) is 71.6 Å². The first kappa shape index (κ1) is 21.3. The minimum absolute atomic E-state index is 0.133. The summed E-state index contributed by atoms with van der Waals surface area (Å²) in [5, 5.41) is 3.57. The van der Waals surface area contributed by atoms with Gasteiger partial charge in [-0.15, -0.1) is 11.3 Å². The Kier molecular flexibility index (Phi) is 5.70. The van der Waals surface area contributed by atoms with Crippen molar-refractivity contribution in [2.45, 2.75) is 11.8 Å².